The van der Waals surface area contributed by atoms with Crippen LogP contribution in [0.4, 0.5) is 0 Å². The van der Waals surface area contributed by atoms with Crippen molar-refractivity contribution in [3.05, 3.63) is 53.1 Å². The number of nitrogens with zero attached hydrogens (tertiary/aromatic N) is 1. The molecule has 0 aliphatic rings. The van der Waals surface area contributed by atoms with Gasteiger partial charge < -0.3 is 10.3 Å². The molecule has 1 aromatic carbocycles. The summed E-state index contributed by atoms with van der Waals surface area (Å²) in [6, 6.07) is 7.90. The standard InChI is InChI=1S/C13H16ClN3/c1-13(2,10-3-5-11(14)6-4-10)17-9-12-15-7-8-16-12/h3-8,17H,9H2,1-2H3,(H,15,16). The highest BCUT2D eigenvalue weighted by atomic mass is 35.5. The summed E-state index contributed by atoms with van der Waals surface area (Å²) in [4.78, 5) is 7.26. The minimum absolute atomic E-state index is 0.114. The van der Waals surface area contributed by atoms with Gasteiger partial charge in [0.2, 0.25) is 0 Å². The second-order valence-corrected chi connectivity index (χ2v) is 4.96. The first-order valence-electron chi connectivity index (χ1n) is 5.57. The molecule has 0 aliphatic heterocycles. The van der Waals surface area contributed by atoms with Crippen LogP contribution in [0.2, 0.25) is 5.02 Å². The first kappa shape index (κ1) is 12.1. The molecule has 0 atom stereocenters. The fourth-order valence-corrected chi connectivity index (χ4v) is 1.79. The highest BCUT2D eigenvalue weighted by Gasteiger charge is 2.19. The van der Waals surface area contributed by atoms with E-state index in [4.69, 9.17) is 11.6 Å². The minimum Gasteiger partial charge on any atom is -0.348 e. The number of aromatic amines is 1. The number of nitrogens with one attached hydrogen (secondary N) is 2. The summed E-state index contributed by atoms with van der Waals surface area (Å²) >= 11 is 5.88. The average Bonchev–Trinajstić information content (AvgIpc) is 2.80. The number of benzene rings is 1. The first-order chi connectivity index (χ1) is 8.08. The van der Waals surface area contributed by atoms with Crippen LogP contribution in [0.1, 0.15) is 25.2 Å². The lowest BCUT2D eigenvalue weighted by Crippen LogP contribution is -2.36. The van der Waals surface area contributed by atoms with E-state index >= 15 is 0 Å². The molecule has 0 spiro atoms. The van der Waals surface area contributed by atoms with E-state index in [-0.39, 0.29) is 5.54 Å². The average molecular weight is 250 g/mol. The Bertz CT molecular complexity index is 460. The smallest absolute Gasteiger partial charge is 0.120 e. The van der Waals surface area contributed by atoms with Gasteiger partial charge in [-0.25, -0.2) is 4.98 Å². The number of aromatic nitrogens is 2. The minimum atomic E-state index is -0.114. The van der Waals surface area contributed by atoms with E-state index in [1.165, 1.54) is 5.56 Å². The molecule has 1 heterocycles. The van der Waals surface area contributed by atoms with Gasteiger partial charge in [0.15, 0.2) is 0 Å². The lowest BCUT2D eigenvalue weighted by Gasteiger charge is -2.26. The topological polar surface area (TPSA) is 40.7 Å². The van der Waals surface area contributed by atoms with Gasteiger partial charge in [0, 0.05) is 23.0 Å². The Morgan fingerprint density at radius 3 is 2.59 bits per heavy atom. The maximum absolute atomic E-state index is 5.88. The van der Waals surface area contributed by atoms with E-state index in [0.717, 1.165) is 10.8 Å². The van der Waals surface area contributed by atoms with Crippen molar-refractivity contribution in [1.29, 1.82) is 0 Å². The SMILES string of the molecule is CC(C)(NCc1ncc[nH]1)c1ccc(Cl)cc1. The third-order valence-electron chi connectivity index (χ3n) is 2.82. The summed E-state index contributed by atoms with van der Waals surface area (Å²) in [5.74, 6) is 0.937. The predicted molar refractivity (Wildman–Crippen MR) is 69.9 cm³/mol. The Labute approximate surface area is 106 Å². The highest BCUT2D eigenvalue weighted by Crippen LogP contribution is 2.22. The lowest BCUT2D eigenvalue weighted by molar-refractivity contribution is 0.396. The Hall–Kier alpha value is -1.32. The van der Waals surface area contributed by atoms with Gasteiger partial charge >= 0.3 is 0 Å². The second kappa shape index (κ2) is 4.90. The molecule has 0 amide bonds. The van der Waals surface area contributed by atoms with Gasteiger partial charge in [0.1, 0.15) is 5.82 Å². The Morgan fingerprint density at radius 1 is 1.29 bits per heavy atom. The van der Waals surface area contributed by atoms with E-state index in [9.17, 15) is 0 Å². The van der Waals surface area contributed by atoms with E-state index in [2.05, 4.69) is 29.1 Å². The van der Waals surface area contributed by atoms with Crippen molar-refractivity contribution < 1.29 is 0 Å². The molecule has 1 aromatic heterocycles. The molecule has 2 N–H and O–H groups in total. The number of imidazole rings is 1. The second-order valence-electron chi connectivity index (χ2n) is 4.52. The van der Waals surface area contributed by atoms with Crippen LogP contribution < -0.4 is 5.32 Å². The van der Waals surface area contributed by atoms with Gasteiger partial charge in [-0.15, -0.1) is 0 Å². The van der Waals surface area contributed by atoms with Crippen molar-refractivity contribution >= 4 is 11.6 Å². The van der Waals surface area contributed by atoms with Crippen molar-refractivity contribution in [1.82, 2.24) is 15.3 Å². The fourth-order valence-electron chi connectivity index (χ4n) is 1.67. The largest absolute Gasteiger partial charge is 0.348 e. The van der Waals surface area contributed by atoms with Gasteiger partial charge in [-0.1, -0.05) is 23.7 Å². The normalized spacial score (nSPS) is 11.7. The van der Waals surface area contributed by atoms with E-state index in [1.54, 1.807) is 6.20 Å². The summed E-state index contributed by atoms with van der Waals surface area (Å²) < 4.78 is 0. The highest BCUT2D eigenvalue weighted by molar-refractivity contribution is 6.30. The Morgan fingerprint density at radius 2 is 2.00 bits per heavy atom. The van der Waals surface area contributed by atoms with Crippen LogP contribution in [0.25, 0.3) is 0 Å². The number of hydrogen-bond acceptors (Lipinski definition) is 2. The molecule has 0 bridgehead atoms. The zero-order valence-electron chi connectivity index (χ0n) is 10.00. The van der Waals surface area contributed by atoms with Gasteiger partial charge in [0.05, 0.1) is 6.54 Å². The fraction of sp³-hybridized carbons (Fsp3) is 0.308. The predicted octanol–water partition coefficient (Wildman–Crippen LogP) is 3.09. The molecule has 0 unspecified atom stereocenters. The third kappa shape index (κ3) is 3.08. The third-order valence-corrected chi connectivity index (χ3v) is 3.07. The summed E-state index contributed by atoms with van der Waals surface area (Å²) in [5.41, 5.74) is 1.09. The number of hydrogen-bond donors (Lipinski definition) is 2. The zero-order valence-corrected chi connectivity index (χ0v) is 10.8. The first-order valence-corrected chi connectivity index (χ1v) is 5.95. The molecule has 2 aromatic rings. The van der Waals surface area contributed by atoms with E-state index in [1.807, 2.05) is 30.5 Å². The Balaban J connectivity index is 2.05. The van der Waals surface area contributed by atoms with Crippen LogP contribution >= 0.6 is 11.6 Å². The van der Waals surface area contributed by atoms with Crippen molar-refractivity contribution in [3.63, 3.8) is 0 Å². The number of rotatable bonds is 4. The summed E-state index contributed by atoms with van der Waals surface area (Å²) in [6.45, 7) is 4.99. The molecule has 0 saturated carbocycles. The lowest BCUT2D eigenvalue weighted by atomic mass is 9.94. The van der Waals surface area contributed by atoms with Crippen molar-refractivity contribution in [3.8, 4) is 0 Å². The summed E-state index contributed by atoms with van der Waals surface area (Å²) in [7, 11) is 0. The zero-order chi connectivity index (χ0) is 12.3. The maximum atomic E-state index is 5.88. The van der Waals surface area contributed by atoms with Gasteiger partial charge in [-0.3, -0.25) is 0 Å². The van der Waals surface area contributed by atoms with Gasteiger partial charge in [0.25, 0.3) is 0 Å². The summed E-state index contributed by atoms with van der Waals surface area (Å²) in [6.07, 6.45) is 3.58. The molecule has 0 aliphatic carbocycles. The van der Waals surface area contributed by atoms with Crippen molar-refractivity contribution in [2.75, 3.05) is 0 Å². The quantitative estimate of drug-likeness (QED) is 0.874. The number of halogens is 1. The van der Waals surface area contributed by atoms with Crippen LogP contribution in [0.3, 0.4) is 0 Å². The van der Waals surface area contributed by atoms with Crippen molar-refractivity contribution in [2.45, 2.75) is 25.9 Å². The molecule has 2 rings (SSSR count). The molecule has 90 valence electrons. The number of H-pyrrole nitrogens is 1. The van der Waals surface area contributed by atoms with Crippen LogP contribution in [0.5, 0.6) is 0 Å². The maximum Gasteiger partial charge on any atom is 0.120 e. The molecule has 3 nitrogen and oxygen atoms in total. The molecule has 0 fully saturated rings. The molecule has 17 heavy (non-hydrogen) atoms. The van der Waals surface area contributed by atoms with E-state index < -0.39 is 0 Å². The van der Waals surface area contributed by atoms with Crippen LogP contribution in [-0.2, 0) is 12.1 Å². The van der Waals surface area contributed by atoms with Gasteiger partial charge in [-0.2, -0.15) is 0 Å². The van der Waals surface area contributed by atoms with Crippen molar-refractivity contribution in [2.24, 2.45) is 0 Å². The van der Waals surface area contributed by atoms with Crippen LogP contribution in [-0.4, -0.2) is 9.97 Å². The van der Waals surface area contributed by atoms with Crippen LogP contribution in [0, 0.1) is 0 Å². The summed E-state index contributed by atoms with van der Waals surface area (Å²) in [5, 5.41) is 4.22. The Kier molecular flexibility index (Phi) is 3.50. The van der Waals surface area contributed by atoms with Crippen LogP contribution in [0.15, 0.2) is 36.7 Å². The molecular formula is C13H16ClN3. The molecular weight excluding hydrogens is 234 g/mol. The molecule has 4 heteroatoms. The molecule has 0 saturated heterocycles. The monoisotopic (exact) mass is 249 g/mol. The van der Waals surface area contributed by atoms with E-state index in [0.29, 0.717) is 6.54 Å². The van der Waals surface area contributed by atoms with Gasteiger partial charge in [-0.05, 0) is 31.5 Å². The molecule has 0 radical (unpaired) electrons.